The molecule has 172 valence electrons. The molecule has 0 saturated carbocycles. The predicted molar refractivity (Wildman–Crippen MR) is 132 cm³/mol. The standard InChI is InChI=1S/C28H27N3O3/c32-27(29-16-15-23(20-8-3-1-4-9-20)21-10-5-2-6-11-21)19-34-22-13-14-25-24(18-22)28(33)31-17-7-12-26(31)30-25/h1-6,8-11,13-14,18,23H,7,12,15-17,19H2,(H,29,32). The van der Waals surface area contributed by atoms with Crippen molar-refractivity contribution in [1.29, 1.82) is 0 Å². The Labute approximate surface area is 198 Å². The summed E-state index contributed by atoms with van der Waals surface area (Å²) in [7, 11) is 0. The van der Waals surface area contributed by atoms with E-state index in [1.807, 2.05) is 36.4 Å². The van der Waals surface area contributed by atoms with Crippen LogP contribution in [0.2, 0.25) is 0 Å². The molecule has 1 N–H and O–H groups in total. The number of hydrogen-bond acceptors (Lipinski definition) is 4. The molecule has 0 saturated heterocycles. The van der Waals surface area contributed by atoms with Crippen LogP contribution in [0.25, 0.3) is 10.9 Å². The third kappa shape index (κ3) is 4.71. The van der Waals surface area contributed by atoms with E-state index in [1.165, 1.54) is 11.1 Å². The van der Waals surface area contributed by atoms with Gasteiger partial charge in [0.1, 0.15) is 11.6 Å². The molecular formula is C28H27N3O3. The quantitative estimate of drug-likeness (QED) is 0.437. The molecule has 1 aliphatic rings. The predicted octanol–water partition coefficient (Wildman–Crippen LogP) is 4.06. The highest BCUT2D eigenvalue weighted by molar-refractivity contribution is 5.80. The van der Waals surface area contributed by atoms with Crippen LogP contribution >= 0.6 is 0 Å². The summed E-state index contributed by atoms with van der Waals surface area (Å²) in [5.74, 6) is 1.34. The number of carbonyl (C=O) groups is 1. The van der Waals surface area contributed by atoms with Gasteiger partial charge in [-0.05, 0) is 42.2 Å². The van der Waals surface area contributed by atoms with Crippen LogP contribution in [0.5, 0.6) is 5.75 Å². The van der Waals surface area contributed by atoms with E-state index in [9.17, 15) is 9.59 Å². The van der Waals surface area contributed by atoms with Crippen LogP contribution < -0.4 is 15.6 Å². The first-order valence-electron chi connectivity index (χ1n) is 11.7. The lowest BCUT2D eigenvalue weighted by molar-refractivity contribution is -0.123. The van der Waals surface area contributed by atoms with Crippen LogP contribution in [-0.4, -0.2) is 28.6 Å². The van der Waals surface area contributed by atoms with Crippen molar-refractivity contribution in [2.45, 2.75) is 31.7 Å². The normalized spacial score (nSPS) is 12.6. The number of aryl methyl sites for hydroxylation is 1. The van der Waals surface area contributed by atoms with Gasteiger partial charge in [-0.25, -0.2) is 4.98 Å². The smallest absolute Gasteiger partial charge is 0.261 e. The summed E-state index contributed by atoms with van der Waals surface area (Å²) < 4.78 is 7.42. The van der Waals surface area contributed by atoms with Crippen molar-refractivity contribution in [3.05, 3.63) is 106 Å². The van der Waals surface area contributed by atoms with Crippen LogP contribution in [0.3, 0.4) is 0 Å². The zero-order chi connectivity index (χ0) is 23.3. The minimum atomic E-state index is -0.191. The number of aromatic nitrogens is 2. The van der Waals surface area contributed by atoms with Crippen molar-refractivity contribution < 1.29 is 9.53 Å². The molecule has 0 unspecified atom stereocenters. The zero-order valence-electron chi connectivity index (χ0n) is 18.9. The molecule has 6 heteroatoms. The largest absolute Gasteiger partial charge is 0.484 e. The van der Waals surface area contributed by atoms with E-state index in [1.54, 1.807) is 22.8 Å². The molecule has 0 bridgehead atoms. The molecule has 34 heavy (non-hydrogen) atoms. The third-order valence-corrected chi connectivity index (χ3v) is 6.32. The molecule has 3 aromatic carbocycles. The molecule has 4 aromatic rings. The maximum absolute atomic E-state index is 12.7. The van der Waals surface area contributed by atoms with E-state index < -0.39 is 0 Å². The van der Waals surface area contributed by atoms with Crippen LogP contribution in [0.1, 0.15) is 35.7 Å². The highest BCUT2D eigenvalue weighted by atomic mass is 16.5. The fourth-order valence-electron chi connectivity index (χ4n) is 4.60. The summed E-state index contributed by atoms with van der Waals surface area (Å²) in [6.07, 6.45) is 2.56. The Morgan fingerprint density at radius 3 is 2.41 bits per heavy atom. The molecule has 2 heterocycles. The van der Waals surface area contributed by atoms with Gasteiger partial charge in [-0.2, -0.15) is 0 Å². The van der Waals surface area contributed by atoms with Gasteiger partial charge in [0.15, 0.2) is 6.61 Å². The number of fused-ring (bicyclic) bond motifs is 2. The summed E-state index contributed by atoms with van der Waals surface area (Å²) in [6, 6.07) is 25.9. The Balaban J connectivity index is 1.19. The lowest BCUT2D eigenvalue weighted by Crippen LogP contribution is -2.30. The minimum absolute atomic E-state index is 0.0414. The zero-order valence-corrected chi connectivity index (χ0v) is 18.9. The molecule has 5 rings (SSSR count). The van der Waals surface area contributed by atoms with Gasteiger partial charge >= 0.3 is 0 Å². The van der Waals surface area contributed by atoms with Gasteiger partial charge in [0.05, 0.1) is 10.9 Å². The number of ether oxygens (including phenoxy) is 1. The lowest BCUT2D eigenvalue weighted by Gasteiger charge is -2.18. The van der Waals surface area contributed by atoms with Gasteiger partial charge in [0, 0.05) is 25.4 Å². The molecule has 1 amide bonds. The maximum atomic E-state index is 12.7. The number of benzene rings is 3. The van der Waals surface area contributed by atoms with E-state index in [2.05, 4.69) is 34.6 Å². The van der Waals surface area contributed by atoms with Crippen molar-refractivity contribution in [2.24, 2.45) is 0 Å². The van der Waals surface area contributed by atoms with E-state index in [0.29, 0.717) is 29.7 Å². The van der Waals surface area contributed by atoms with E-state index >= 15 is 0 Å². The number of nitrogens with one attached hydrogen (secondary N) is 1. The van der Waals surface area contributed by atoms with Crippen LogP contribution in [0.15, 0.2) is 83.7 Å². The van der Waals surface area contributed by atoms with Crippen molar-refractivity contribution in [3.8, 4) is 5.75 Å². The van der Waals surface area contributed by atoms with Gasteiger partial charge in [0.2, 0.25) is 0 Å². The maximum Gasteiger partial charge on any atom is 0.261 e. The lowest BCUT2D eigenvalue weighted by atomic mass is 9.88. The summed E-state index contributed by atoms with van der Waals surface area (Å²) >= 11 is 0. The van der Waals surface area contributed by atoms with Gasteiger partial charge in [-0.1, -0.05) is 60.7 Å². The summed E-state index contributed by atoms with van der Waals surface area (Å²) in [4.78, 5) is 29.8. The molecule has 0 aliphatic carbocycles. The molecule has 1 aromatic heterocycles. The van der Waals surface area contributed by atoms with E-state index in [0.717, 1.165) is 25.1 Å². The van der Waals surface area contributed by atoms with Crippen molar-refractivity contribution in [2.75, 3.05) is 13.2 Å². The van der Waals surface area contributed by atoms with Crippen LogP contribution in [0, 0.1) is 0 Å². The molecule has 0 fully saturated rings. The fourth-order valence-corrected chi connectivity index (χ4v) is 4.60. The Bertz CT molecular complexity index is 1310. The number of nitrogens with zero attached hydrogens (tertiary/aromatic N) is 2. The second kappa shape index (κ2) is 9.91. The third-order valence-electron chi connectivity index (χ3n) is 6.32. The van der Waals surface area contributed by atoms with Gasteiger partial charge < -0.3 is 10.1 Å². The Morgan fingerprint density at radius 2 is 1.71 bits per heavy atom. The molecule has 1 aliphatic heterocycles. The van der Waals surface area contributed by atoms with Gasteiger partial charge in [-0.3, -0.25) is 14.2 Å². The highest BCUT2D eigenvalue weighted by Crippen LogP contribution is 2.27. The second-order valence-corrected chi connectivity index (χ2v) is 8.57. The Hall–Kier alpha value is -3.93. The van der Waals surface area contributed by atoms with Crippen molar-refractivity contribution in [3.63, 3.8) is 0 Å². The van der Waals surface area contributed by atoms with Gasteiger partial charge in [-0.15, -0.1) is 0 Å². The SMILES string of the molecule is O=C(COc1ccc2nc3n(c(=O)c2c1)CCC3)NCCC(c1ccccc1)c1ccccc1. The minimum Gasteiger partial charge on any atom is -0.484 e. The first-order valence-corrected chi connectivity index (χ1v) is 11.7. The number of rotatable bonds is 8. The molecule has 6 nitrogen and oxygen atoms in total. The first kappa shape index (κ1) is 21.9. The molecule has 0 atom stereocenters. The fraction of sp³-hybridized carbons (Fsp3) is 0.250. The summed E-state index contributed by atoms with van der Waals surface area (Å²) in [5, 5.41) is 3.49. The van der Waals surface area contributed by atoms with E-state index in [4.69, 9.17) is 4.74 Å². The highest BCUT2D eigenvalue weighted by Gasteiger charge is 2.17. The Kier molecular flexibility index (Phi) is 6.38. The van der Waals surface area contributed by atoms with Crippen LogP contribution in [0.4, 0.5) is 0 Å². The van der Waals surface area contributed by atoms with E-state index in [-0.39, 0.29) is 24.0 Å². The summed E-state index contributed by atoms with van der Waals surface area (Å²) in [5.41, 5.74) is 3.08. The first-order chi connectivity index (χ1) is 16.7. The second-order valence-electron chi connectivity index (χ2n) is 8.57. The molecule has 0 radical (unpaired) electrons. The monoisotopic (exact) mass is 453 g/mol. The number of hydrogen-bond donors (Lipinski definition) is 1. The Morgan fingerprint density at radius 1 is 1.00 bits per heavy atom. The average molecular weight is 454 g/mol. The topological polar surface area (TPSA) is 73.2 Å². The van der Waals surface area contributed by atoms with Gasteiger partial charge in [0.25, 0.3) is 11.5 Å². The molecular weight excluding hydrogens is 426 g/mol. The number of carbonyl (C=O) groups excluding carboxylic acids is 1. The molecule has 0 spiro atoms. The number of amides is 1. The average Bonchev–Trinajstić information content (AvgIpc) is 3.36. The summed E-state index contributed by atoms with van der Waals surface area (Å²) in [6.45, 7) is 1.13. The van der Waals surface area contributed by atoms with Crippen molar-refractivity contribution in [1.82, 2.24) is 14.9 Å². The van der Waals surface area contributed by atoms with Crippen LogP contribution in [-0.2, 0) is 17.8 Å². The van der Waals surface area contributed by atoms with Crippen molar-refractivity contribution >= 4 is 16.8 Å².